The van der Waals surface area contributed by atoms with Crippen LogP contribution < -0.4 is 4.72 Å². The molecule has 0 radical (unpaired) electrons. The Balaban J connectivity index is 2.29. The van der Waals surface area contributed by atoms with Gasteiger partial charge in [0.25, 0.3) is 15.7 Å². The van der Waals surface area contributed by atoms with Crippen molar-refractivity contribution in [1.82, 2.24) is 0 Å². The molecule has 0 unspecified atom stereocenters. The molecular weight excluding hydrogens is 328 g/mol. The average molecular weight is 348 g/mol. The van der Waals surface area contributed by atoms with E-state index in [0.717, 1.165) is 12.0 Å². The van der Waals surface area contributed by atoms with Crippen LogP contribution in [-0.4, -0.2) is 13.3 Å². The number of rotatable bonds is 6. The molecule has 2 aromatic carbocycles. The molecule has 7 heteroatoms. The predicted molar refractivity (Wildman–Crippen MR) is 93.6 cm³/mol. The maximum atomic E-state index is 12.5. The van der Waals surface area contributed by atoms with Crippen LogP contribution in [0.4, 0.5) is 11.4 Å². The monoisotopic (exact) mass is 348 g/mol. The van der Waals surface area contributed by atoms with Crippen molar-refractivity contribution in [1.29, 1.82) is 0 Å². The summed E-state index contributed by atoms with van der Waals surface area (Å²) in [6.45, 7) is 5.70. The van der Waals surface area contributed by atoms with E-state index >= 15 is 0 Å². The summed E-state index contributed by atoms with van der Waals surface area (Å²) in [4.78, 5) is 10.6. The second-order valence-electron chi connectivity index (χ2n) is 6.05. The molecule has 24 heavy (non-hydrogen) atoms. The largest absolute Gasteiger partial charge is 0.279 e. The third kappa shape index (κ3) is 4.11. The van der Waals surface area contributed by atoms with Gasteiger partial charge < -0.3 is 0 Å². The Bertz CT molecular complexity index is 843. The molecule has 1 N–H and O–H groups in total. The van der Waals surface area contributed by atoms with Gasteiger partial charge >= 0.3 is 0 Å². The van der Waals surface area contributed by atoms with E-state index < -0.39 is 14.9 Å². The van der Waals surface area contributed by atoms with Gasteiger partial charge in [-0.3, -0.25) is 14.8 Å². The van der Waals surface area contributed by atoms with Crippen LogP contribution in [0.15, 0.2) is 47.4 Å². The summed E-state index contributed by atoms with van der Waals surface area (Å²) < 4.78 is 27.4. The van der Waals surface area contributed by atoms with E-state index in [1.807, 2.05) is 0 Å². The van der Waals surface area contributed by atoms with E-state index in [1.54, 1.807) is 24.3 Å². The average Bonchev–Trinajstić information content (AvgIpc) is 2.49. The van der Waals surface area contributed by atoms with Crippen LogP contribution in [0.1, 0.15) is 25.0 Å². The minimum atomic E-state index is -3.80. The fraction of sp³-hybridized carbons (Fsp3) is 0.294. The molecule has 0 aromatic heterocycles. The van der Waals surface area contributed by atoms with E-state index in [-0.39, 0.29) is 21.8 Å². The van der Waals surface area contributed by atoms with Crippen molar-refractivity contribution >= 4 is 21.4 Å². The summed E-state index contributed by atoms with van der Waals surface area (Å²) in [7, 11) is -3.80. The molecule has 0 bridgehead atoms. The molecule has 0 saturated carbocycles. The molecule has 0 aliphatic carbocycles. The lowest BCUT2D eigenvalue weighted by molar-refractivity contribution is -0.385. The zero-order valence-electron chi connectivity index (χ0n) is 13.8. The van der Waals surface area contributed by atoms with Crippen molar-refractivity contribution in [3.05, 3.63) is 63.7 Å². The zero-order valence-corrected chi connectivity index (χ0v) is 14.6. The molecule has 0 amide bonds. The molecule has 2 rings (SSSR count). The minimum absolute atomic E-state index is 0.123. The van der Waals surface area contributed by atoms with E-state index in [9.17, 15) is 18.5 Å². The van der Waals surface area contributed by atoms with Gasteiger partial charge in [-0.2, -0.15) is 0 Å². The topological polar surface area (TPSA) is 89.3 Å². The van der Waals surface area contributed by atoms with Gasteiger partial charge in [0, 0.05) is 6.07 Å². The van der Waals surface area contributed by atoms with Gasteiger partial charge in [0.1, 0.15) is 0 Å². The first-order valence-corrected chi connectivity index (χ1v) is 9.05. The summed E-state index contributed by atoms with van der Waals surface area (Å²) >= 11 is 0. The molecule has 0 heterocycles. The lowest BCUT2D eigenvalue weighted by Gasteiger charge is -2.11. The fourth-order valence-electron chi connectivity index (χ4n) is 2.41. The van der Waals surface area contributed by atoms with E-state index in [1.165, 1.54) is 25.1 Å². The predicted octanol–water partition coefficient (Wildman–Crippen LogP) is 3.90. The van der Waals surface area contributed by atoms with Crippen molar-refractivity contribution in [2.24, 2.45) is 5.92 Å². The van der Waals surface area contributed by atoms with E-state index in [2.05, 4.69) is 18.6 Å². The minimum Gasteiger partial charge on any atom is -0.279 e. The number of nitrogens with zero attached hydrogens (tertiary/aromatic N) is 1. The zero-order chi connectivity index (χ0) is 17.9. The lowest BCUT2D eigenvalue weighted by Crippen LogP contribution is -2.14. The first-order chi connectivity index (χ1) is 11.2. The van der Waals surface area contributed by atoms with Gasteiger partial charge in [0.15, 0.2) is 0 Å². The van der Waals surface area contributed by atoms with Gasteiger partial charge in [0.05, 0.1) is 21.1 Å². The number of hydrogen-bond donors (Lipinski definition) is 1. The maximum absolute atomic E-state index is 12.5. The Morgan fingerprint density at radius 2 is 1.75 bits per heavy atom. The van der Waals surface area contributed by atoms with Gasteiger partial charge in [-0.1, -0.05) is 32.0 Å². The highest BCUT2D eigenvalue weighted by molar-refractivity contribution is 7.92. The molecule has 128 valence electrons. The normalized spacial score (nSPS) is 11.5. The molecule has 0 atom stereocenters. The number of sulfonamides is 1. The highest BCUT2D eigenvalue weighted by Gasteiger charge is 2.19. The molecule has 0 saturated heterocycles. The smallest absolute Gasteiger partial charge is 0.274 e. The summed E-state index contributed by atoms with van der Waals surface area (Å²) in [6, 6.07) is 11.0. The number of nitro groups is 1. The molecule has 2 aromatic rings. The van der Waals surface area contributed by atoms with Crippen LogP contribution in [0.25, 0.3) is 0 Å². The van der Waals surface area contributed by atoms with Crippen LogP contribution in [0.2, 0.25) is 0 Å². The number of anilines is 1. The lowest BCUT2D eigenvalue weighted by atomic mass is 10.0. The van der Waals surface area contributed by atoms with Gasteiger partial charge in [-0.25, -0.2) is 8.42 Å². The van der Waals surface area contributed by atoms with Crippen LogP contribution in [0.3, 0.4) is 0 Å². The van der Waals surface area contributed by atoms with E-state index in [0.29, 0.717) is 5.92 Å². The Kier molecular flexibility index (Phi) is 5.23. The van der Waals surface area contributed by atoms with Crippen molar-refractivity contribution < 1.29 is 13.3 Å². The Hall–Kier alpha value is -2.41. The summed E-state index contributed by atoms with van der Waals surface area (Å²) in [5, 5.41) is 11.0. The molecule has 0 aliphatic heterocycles. The fourth-order valence-corrected chi connectivity index (χ4v) is 3.53. The molecule has 0 spiro atoms. The second kappa shape index (κ2) is 7.00. The summed E-state index contributed by atoms with van der Waals surface area (Å²) in [5.41, 5.74) is 1.43. The highest BCUT2D eigenvalue weighted by atomic mass is 32.2. The van der Waals surface area contributed by atoms with Crippen molar-refractivity contribution in [2.45, 2.75) is 32.1 Å². The first-order valence-electron chi connectivity index (χ1n) is 7.56. The number of nitro benzene ring substituents is 1. The second-order valence-corrected chi connectivity index (χ2v) is 7.74. The summed E-state index contributed by atoms with van der Waals surface area (Å²) in [6.07, 6.45) is 0.873. The molecule has 0 fully saturated rings. The number of benzene rings is 2. The van der Waals surface area contributed by atoms with Crippen molar-refractivity contribution in [3.63, 3.8) is 0 Å². The molecular formula is C17H20N2O4S. The van der Waals surface area contributed by atoms with E-state index in [4.69, 9.17) is 0 Å². The first kappa shape index (κ1) is 17.9. The van der Waals surface area contributed by atoms with Crippen LogP contribution in [0.5, 0.6) is 0 Å². The maximum Gasteiger partial charge on any atom is 0.274 e. The van der Waals surface area contributed by atoms with Crippen LogP contribution in [-0.2, 0) is 16.4 Å². The summed E-state index contributed by atoms with van der Waals surface area (Å²) in [5.74, 6) is 0.484. The standard InChI is InChI=1S/C17H20N2O4S/c1-12(2)11-14-7-9-15(10-8-14)24(22,23)18-16-5-4-6-17(13(16)3)19(20)21/h4-10,12,18H,11H2,1-3H3. The highest BCUT2D eigenvalue weighted by Crippen LogP contribution is 2.27. The Morgan fingerprint density at radius 3 is 2.29 bits per heavy atom. The SMILES string of the molecule is Cc1c(NS(=O)(=O)c2ccc(CC(C)C)cc2)cccc1[N+](=O)[O-]. The number of hydrogen-bond acceptors (Lipinski definition) is 4. The third-order valence-electron chi connectivity index (χ3n) is 3.62. The Morgan fingerprint density at radius 1 is 1.12 bits per heavy atom. The van der Waals surface area contributed by atoms with Gasteiger partial charge in [-0.15, -0.1) is 0 Å². The Labute approximate surface area is 141 Å². The molecule has 6 nitrogen and oxygen atoms in total. The van der Waals surface area contributed by atoms with Gasteiger partial charge in [0.2, 0.25) is 0 Å². The van der Waals surface area contributed by atoms with Crippen LogP contribution in [0, 0.1) is 23.0 Å². The quantitative estimate of drug-likeness (QED) is 0.633. The van der Waals surface area contributed by atoms with Gasteiger partial charge in [-0.05, 0) is 43.0 Å². The van der Waals surface area contributed by atoms with Crippen LogP contribution >= 0.6 is 0 Å². The van der Waals surface area contributed by atoms with Crippen molar-refractivity contribution in [2.75, 3.05) is 4.72 Å². The third-order valence-corrected chi connectivity index (χ3v) is 5.01. The van der Waals surface area contributed by atoms with Crippen molar-refractivity contribution in [3.8, 4) is 0 Å². The number of nitrogens with one attached hydrogen (secondary N) is 1. The molecule has 0 aliphatic rings.